The van der Waals surface area contributed by atoms with Crippen molar-refractivity contribution in [1.29, 1.82) is 0 Å². The van der Waals surface area contributed by atoms with Crippen molar-refractivity contribution in [3.05, 3.63) is 17.7 Å². The van der Waals surface area contributed by atoms with E-state index in [0.717, 1.165) is 5.82 Å². The zero-order chi connectivity index (χ0) is 12.3. The number of imidazole rings is 1. The number of hydrogen-bond acceptors (Lipinski definition) is 3. The van der Waals surface area contributed by atoms with Crippen LogP contribution in [0.25, 0.3) is 0 Å². The smallest absolute Gasteiger partial charge is 0.354 e. The van der Waals surface area contributed by atoms with Gasteiger partial charge in [-0.25, -0.2) is 9.78 Å². The standard InChI is InChI=1S/C9H13N3O2.C2H6/c1-6-4-12-7(9(13)14)3-10-8(12)5-11(6)2;1-2/h3,6H,4-5H2,1-2H3,(H,13,14);1-2H3. The predicted octanol–water partition coefficient (Wildman–Crippen LogP) is 1.44. The number of aromatic carboxylic acids is 1. The average molecular weight is 225 g/mol. The quantitative estimate of drug-likeness (QED) is 0.785. The highest BCUT2D eigenvalue weighted by molar-refractivity contribution is 5.85. The molecule has 0 amide bonds. The van der Waals surface area contributed by atoms with E-state index in [0.29, 0.717) is 24.8 Å². The number of nitrogens with zero attached hydrogens (tertiary/aromatic N) is 3. The summed E-state index contributed by atoms with van der Waals surface area (Å²) in [6.07, 6.45) is 1.43. The minimum atomic E-state index is -0.902. The molecule has 0 aromatic carbocycles. The van der Waals surface area contributed by atoms with E-state index >= 15 is 0 Å². The fourth-order valence-electron chi connectivity index (χ4n) is 1.70. The maximum Gasteiger partial charge on any atom is 0.354 e. The Hall–Kier alpha value is -1.36. The third-order valence-corrected chi connectivity index (χ3v) is 2.75. The summed E-state index contributed by atoms with van der Waals surface area (Å²) < 4.78 is 1.78. The summed E-state index contributed by atoms with van der Waals surface area (Å²) in [7, 11) is 2.02. The molecule has 0 fully saturated rings. The largest absolute Gasteiger partial charge is 0.477 e. The monoisotopic (exact) mass is 225 g/mol. The van der Waals surface area contributed by atoms with Gasteiger partial charge in [0.25, 0.3) is 0 Å². The lowest BCUT2D eigenvalue weighted by Gasteiger charge is -2.30. The lowest BCUT2D eigenvalue weighted by molar-refractivity contribution is 0.0678. The van der Waals surface area contributed by atoms with Crippen LogP contribution in [0.5, 0.6) is 0 Å². The van der Waals surface area contributed by atoms with Gasteiger partial charge >= 0.3 is 5.97 Å². The number of likely N-dealkylation sites (N-methyl/N-ethyl adjacent to an activating group) is 1. The second-order valence-electron chi connectivity index (χ2n) is 3.74. The van der Waals surface area contributed by atoms with Crippen LogP contribution in [0, 0.1) is 0 Å². The molecule has 0 bridgehead atoms. The van der Waals surface area contributed by atoms with E-state index in [-0.39, 0.29) is 0 Å². The van der Waals surface area contributed by atoms with Gasteiger partial charge in [0, 0.05) is 12.6 Å². The second-order valence-corrected chi connectivity index (χ2v) is 3.74. The molecule has 1 aromatic rings. The van der Waals surface area contributed by atoms with Crippen molar-refractivity contribution in [3.8, 4) is 0 Å². The molecule has 2 rings (SSSR count). The van der Waals surface area contributed by atoms with Gasteiger partial charge in [0.15, 0.2) is 0 Å². The number of fused-ring (bicyclic) bond motifs is 1. The van der Waals surface area contributed by atoms with Gasteiger partial charge in [-0.05, 0) is 14.0 Å². The lowest BCUT2D eigenvalue weighted by atomic mass is 10.2. The molecule has 1 unspecified atom stereocenters. The first-order valence-electron chi connectivity index (χ1n) is 5.57. The van der Waals surface area contributed by atoms with Crippen LogP contribution in [0.3, 0.4) is 0 Å². The van der Waals surface area contributed by atoms with Crippen molar-refractivity contribution in [2.45, 2.75) is 39.9 Å². The normalized spacial score (nSPS) is 19.6. The second kappa shape index (κ2) is 5.12. The molecule has 0 aliphatic carbocycles. The van der Waals surface area contributed by atoms with E-state index in [1.54, 1.807) is 4.57 Å². The van der Waals surface area contributed by atoms with Gasteiger partial charge in [0.2, 0.25) is 0 Å². The Morgan fingerprint density at radius 1 is 1.56 bits per heavy atom. The molecular weight excluding hydrogens is 206 g/mol. The molecule has 2 heterocycles. The number of carboxylic acids is 1. The maximum atomic E-state index is 10.8. The van der Waals surface area contributed by atoms with Crippen molar-refractivity contribution >= 4 is 5.97 Å². The average Bonchev–Trinajstić information content (AvgIpc) is 2.65. The zero-order valence-corrected chi connectivity index (χ0v) is 10.3. The Bertz CT molecular complexity index is 373. The minimum Gasteiger partial charge on any atom is -0.477 e. The van der Waals surface area contributed by atoms with Crippen molar-refractivity contribution in [2.24, 2.45) is 0 Å². The Morgan fingerprint density at radius 2 is 2.19 bits per heavy atom. The van der Waals surface area contributed by atoms with Crippen molar-refractivity contribution in [3.63, 3.8) is 0 Å². The van der Waals surface area contributed by atoms with Crippen LogP contribution in [-0.2, 0) is 13.1 Å². The summed E-state index contributed by atoms with van der Waals surface area (Å²) in [6.45, 7) is 7.50. The SMILES string of the molecule is CC.CC1Cn2c(C(=O)O)cnc2CN1C. The molecule has 5 nitrogen and oxygen atoms in total. The topological polar surface area (TPSA) is 58.4 Å². The van der Waals surface area contributed by atoms with Gasteiger partial charge in [-0.1, -0.05) is 13.8 Å². The van der Waals surface area contributed by atoms with Crippen molar-refractivity contribution in [2.75, 3.05) is 7.05 Å². The summed E-state index contributed by atoms with van der Waals surface area (Å²) in [5.74, 6) is -0.0662. The summed E-state index contributed by atoms with van der Waals surface area (Å²) in [4.78, 5) is 17.1. The molecule has 0 saturated carbocycles. The first-order chi connectivity index (χ1) is 7.59. The van der Waals surface area contributed by atoms with Gasteiger partial charge in [-0.3, -0.25) is 4.90 Å². The maximum absolute atomic E-state index is 10.8. The number of rotatable bonds is 1. The molecule has 0 saturated heterocycles. The van der Waals surface area contributed by atoms with E-state index in [1.807, 2.05) is 20.9 Å². The third kappa shape index (κ3) is 2.24. The molecule has 1 atom stereocenters. The van der Waals surface area contributed by atoms with Crippen LogP contribution < -0.4 is 0 Å². The molecule has 0 spiro atoms. The van der Waals surface area contributed by atoms with Crippen molar-refractivity contribution in [1.82, 2.24) is 14.5 Å². The van der Waals surface area contributed by atoms with Crippen LogP contribution in [0.15, 0.2) is 6.20 Å². The summed E-state index contributed by atoms with van der Waals surface area (Å²) in [5.41, 5.74) is 0.292. The summed E-state index contributed by atoms with van der Waals surface area (Å²) in [5, 5.41) is 8.91. The summed E-state index contributed by atoms with van der Waals surface area (Å²) >= 11 is 0. The highest BCUT2D eigenvalue weighted by Gasteiger charge is 2.24. The fourth-order valence-corrected chi connectivity index (χ4v) is 1.70. The van der Waals surface area contributed by atoms with Gasteiger partial charge < -0.3 is 9.67 Å². The van der Waals surface area contributed by atoms with Gasteiger partial charge in [0.1, 0.15) is 11.5 Å². The van der Waals surface area contributed by atoms with E-state index in [1.165, 1.54) is 6.20 Å². The molecular formula is C11H19N3O2. The van der Waals surface area contributed by atoms with Crippen LogP contribution in [0.1, 0.15) is 37.1 Å². The minimum absolute atomic E-state index is 0.292. The fraction of sp³-hybridized carbons (Fsp3) is 0.636. The number of carbonyl (C=O) groups is 1. The molecule has 1 aromatic heterocycles. The molecule has 5 heteroatoms. The van der Waals surface area contributed by atoms with Crippen molar-refractivity contribution < 1.29 is 9.90 Å². The number of hydrogen-bond donors (Lipinski definition) is 1. The Morgan fingerprint density at radius 3 is 2.75 bits per heavy atom. The predicted molar refractivity (Wildman–Crippen MR) is 61.5 cm³/mol. The summed E-state index contributed by atoms with van der Waals surface area (Å²) in [6, 6.07) is 0.356. The highest BCUT2D eigenvalue weighted by Crippen LogP contribution is 2.16. The van der Waals surface area contributed by atoms with E-state index in [2.05, 4.69) is 16.8 Å². The van der Waals surface area contributed by atoms with Crippen LogP contribution >= 0.6 is 0 Å². The lowest BCUT2D eigenvalue weighted by Crippen LogP contribution is -2.39. The Labute approximate surface area is 95.7 Å². The number of carboxylic acid groups (broad SMARTS) is 1. The van der Waals surface area contributed by atoms with Gasteiger partial charge in [-0.15, -0.1) is 0 Å². The molecule has 0 radical (unpaired) electrons. The molecule has 16 heavy (non-hydrogen) atoms. The van der Waals surface area contributed by atoms with Crippen LogP contribution in [0.2, 0.25) is 0 Å². The molecule has 1 aliphatic heterocycles. The first-order valence-corrected chi connectivity index (χ1v) is 5.57. The van der Waals surface area contributed by atoms with Gasteiger partial charge in [-0.2, -0.15) is 0 Å². The Kier molecular flexibility index (Phi) is 4.06. The van der Waals surface area contributed by atoms with Gasteiger partial charge in [0.05, 0.1) is 12.7 Å². The van der Waals surface area contributed by atoms with E-state index in [9.17, 15) is 4.79 Å². The van der Waals surface area contributed by atoms with Crippen LogP contribution in [0.4, 0.5) is 0 Å². The third-order valence-electron chi connectivity index (χ3n) is 2.75. The highest BCUT2D eigenvalue weighted by atomic mass is 16.4. The Balaban J connectivity index is 0.000000606. The van der Waals surface area contributed by atoms with E-state index < -0.39 is 5.97 Å². The zero-order valence-electron chi connectivity index (χ0n) is 10.3. The molecule has 1 aliphatic rings. The van der Waals surface area contributed by atoms with Crippen LogP contribution in [-0.4, -0.2) is 38.6 Å². The first kappa shape index (κ1) is 12.7. The molecule has 90 valence electrons. The molecule has 1 N–H and O–H groups in total. The van der Waals surface area contributed by atoms with E-state index in [4.69, 9.17) is 5.11 Å². The number of aromatic nitrogens is 2.